The van der Waals surface area contributed by atoms with Crippen molar-refractivity contribution < 1.29 is 9.94 Å². The SMILES string of the molecule is Oc1ccc(On2pn[pH][nH][pH]2)cc1. The molecule has 1 aromatic heterocycles. The molecule has 2 atom stereocenters. The molecule has 0 aliphatic rings. The normalized spacial score (nSPS) is 11.4. The standard InChI is InChI=1S/C6H8N3O2P3/c10-5-1-3-6(4-2-5)11-9-13-7-12-8-14-9/h1-4,7,10,12-13H. The topological polar surface area (TPSA) is 63.1 Å². The monoisotopic (exact) mass is 247 g/mol. The fraction of sp³-hybridized carbons (Fsp3) is 0. The van der Waals surface area contributed by atoms with Crippen LogP contribution in [0.5, 0.6) is 11.5 Å². The van der Waals surface area contributed by atoms with Gasteiger partial charge in [-0.3, -0.25) is 0 Å². The molecule has 0 saturated heterocycles. The van der Waals surface area contributed by atoms with Crippen LogP contribution in [0.4, 0.5) is 0 Å². The molecular weight excluding hydrogens is 239 g/mol. The van der Waals surface area contributed by atoms with Gasteiger partial charge in [0.1, 0.15) is 5.75 Å². The summed E-state index contributed by atoms with van der Waals surface area (Å²) in [4.78, 5) is 5.48. The number of nitrogens with zero attached hydrogens (tertiary/aromatic N) is 2. The molecule has 2 rings (SSSR count). The molecule has 0 spiro atoms. The second-order valence-corrected chi connectivity index (χ2v) is 5.97. The quantitative estimate of drug-likeness (QED) is 0.856. The summed E-state index contributed by atoms with van der Waals surface area (Å²) < 4.78 is 8.93. The predicted octanol–water partition coefficient (Wildman–Crippen LogP) is 2.53. The highest BCUT2D eigenvalue weighted by molar-refractivity contribution is 7.44. The Kier molecular flexibility index (Phi) is 3.15. The first-order chi connectivity index (χ1) is 6.84. The van der Waals surface area contributed by atoms with E-state index < -0.39 is 0 Å². The lowest BCUT2D eigenvalue weighted by molar-refractivity contribution is 0.276. The number of rotatable bonds is 2. The molecule has 14 heavy (non-hydrogen) atoms. The van der Waals surface area contributed by atoms with Crippen LogP contribution in [-0.4, -0.2) is 18.4 Å². The number of H-pyrrole nitrogens is 1. The minimum Gasteiger partial charge on any atom is -0.508 e. The molecule has 0 amide bonds. The lowest BCUT2D eigenvalue weighted by Crippen LogP contribution is -1.96. The van der Waals surface area contributed by atoms with Crippen LogP contribution < -0.4 is 4.84 Å². The highest BCUT2D eigenvalue weighted by atomic mass is 31.1. The predicted molar refractivity (Wildman–Crippen MR) is 59.9 cm³/mol. The fourth-order valence-corrected chi connectivity index (χ4v) is 3.88. The van der Waals surface area contributed by atoms with Gasteiger partial charge < -0.3 is 14.5 Å². The van der Waals surface area contributed by atoms with Crippen molar-refractivity contribution >= 4 is 25.5 Å². The van der Waals surface area contributed by atoms with Crippen molar-refractivity contribution in [1.29, 1.82) is 0 Å². The van der Waals surface area contributed by atoms with Crippen LogP contribution in [0.3, 0.4) is 0 Å². The van der Waals surface area contributed by atoms with Gasteiger partial charge in [0.05, 0.1) is 8.51 Å². The maximum Gasteiger partial charge on any atom is 0.182 e. The summed E-state index contributed by atoms with van der Waals surface area (Å²) >= 11 is 0. The first-order valence-electron chi connectivity index (χ1n) is 3.78. The van der Waals surface area contributed by atoms with E-state index in [1.165, 1.54) is 0 Å². The first kappa shape index (κ1) is 9.67. The number of aromatic amines is 1. The van der Waals surface area contributed by atoms with Crippen LogP contribution in [0.1, 0.15) is 0 Å². The summed E-state index contributed by atoms with van der Waals surface area (Å²) in [6, 6.07) is 6.61. The van der Waals surface area contributed by atoms with Crippen LogP contribution in [0.15, 0.2) is 24.3 Å². The maximum absolute atomic E-state index is 9.06. The summed E-state index contributed by atoms with van der Waals surface area (Å²) in [5.74, 6) is 0.935. The number of aromatic hydroxyl groups is 1. The van der Waals surface area contributed by atoms with Crippen molar-refractivity contribution in [3.05, 3.63) is 24.3 Å². The maximum atomic E-state index is 9.06. The number of nitrogens with one attached hydrogen (secondary N) is 1. The molecule has 0 aliphatic carbocycles. The van der Waals surface area contributed by atoms with Gasteiger partial charge in [0, 0.05) is 8.51 Å². The number of hydrogen-bond acceptors (Lipinski definition) is 3. The number of benzene rings is 1. The zero-order valence-electron chi connectivity index (χ0n) is 7.01. The summed E-state index contributed by atoms with van der Waals surface area (Å²) in [6.07, 6.45) is 0. The Morgan fingerprint density at radius 3 is 2.86 bits per heavy atom. The minimum atomic E-state index is 0.236. The summed E-state index contributed by atoms with van der Waals surface area (Å²) in [7, 11) is 1.70. The fourth-order valence-electron chi connectivity index (χ4n) is 0.831. The van der Waals surface area contributed by atoms with E-state index in [4.69, 9.17) is 9.94 Å². The Morgan fingerprint density at radius 1 is 1.43 bits per heavy atom. The lowest BCUT2D eigenvalue weighted by atomic mass is 10.3. The molecule has 0 bridgehead atoms. The number of aromatic nitrogens is 3. The van der Waals surface area contributed by atoms with E-state index in [9.17, 15) is 0 Å². The van der Waals surface area contributed by atoms with E-state index in [1.54, 1.807) is 28.5 Å². The van der Waals surface area contributed by atoms with Gasteiger partial charge in [0.2, 0.25) is 0 Å². The molecule has 0 fully saturated rings. The van der Waals surface area contributed by atoms with E-state index in [1.807, 2.05) is 0 Å². The minimum absolute atomic E-state index is 0.236. The third-order valence-corrected chi connectivity index (χ3v) is 4.16. The largest absolute Gasteiger partial charge is 0.508 e. The van der Waals surface area contributed by atoms with Crippen molar-refractivity contribution in [2.45, 2.75) is 0 Å². The third-order valence-electron chi connectivity index (χ3n) is 1.41. The highest BCUT2D eigenvalue weighted by Gasteiger charge is 1.94. The Labute approximate surface area is 85.1 Å². The van der Waals surface area contributed by atoms with Gasteiger partial charge >= 0.3 is 0 Å². The smallest absolute Gasteiger partial charge is 0.182 e. The van der Waals surface area contributed by atoms with Crippen LogP contribution in [0.2, 0.25) is 0 Å². The van der Waals surface area contributed by atoms with E-state index in [-0.39, 0.29) is 5.75 Å². The van der Waals surface area contributed by atoms with Crippen molar-refractivity contribution in [3.8, 4) is 11.5 Å². The Hall–Kier alpha value is -0.880. The van der Waals surface area contributed by atoms with Gasteiger partial charge in [-0.1, -0.05) is 0 Å². The van der Waals surface area contributed by atoms with Crippen molar-refractivity contribution in [2.75, 3.05) is 0 Å². The zero-order chi connectivity index (χ0) is 9.80. The van der Waals surface area contributed by atoms with Gasteiger partial charge in [-0.2, -0.15) is 4.51 Å². The van der Waals surface area contributed by atoms with Crippen molar-refractivity contribution in [2.24, 2.45) is 0 Å². The van der Waals surface area contributed by atoms with Crippen molar-refractivity contribution in [1.82, 2.24) is 13.3 Å². The van der Waals surface area contributed by atoms with Crippen LogP contribution in [-0.2, 0) is 0 Å². The highest BCUT2D eigenvalue weighted by Crippen LogP contribution is 2.19. The van der Waals surface area contributed by atoms with E-state index in [2.05, 4.69) is 9.02 Å². The molecule has 2 unspecified atom stereocenters. The van der Waals surface area contributed by atoms with Crippen molar-refractivity contribution in [3.63, 3.8) is 0 Å². The van der Waals surface area contributed by atoms with Gasteiger partial charge in [0.15, 0.2) is 14.3 Å². The molecule has 0 saturated carbocycles. The molecule has 1 aromatic carbocycles. The molecule has 0 aliphatic heterocycles. The molecule has 1 heterocycles. The third kappa shape index (κ3) is 2.55. The molecular formula is C6H8N3O2P3. The molecule has 74 valence electrons. The molecule has 5 nitrogen and oxygen atoms in total. The van der Waals surface area contributed by atoms with E-state index >= 15 is 0 Å². The second-order valence-electron chi connectivity index (χ2n) is 2.40. The number of hydrogen-bond donors (Lipinski definition) is 2. The van der Waals surface area contributed by atoms with Gasteiger partial charge in [-0.05, 0) is 24.3 Å². The van der Waals surface area contributed by atoms with E-state index in [0.717, 1.165) is 8.51 Å². The first-order valence-corrected chi connectivity index (χ1v) is 6.47. The van der Waals surface area contributed by atoms with Crippen LogP contribution >= 0.6 is 25.5 Å². The average molecular weight is 247 g/mol. The zero-order valence-corrected chi connectivity index (χ0v) is 9.90. The van der Waals surface area contributed by atoms with Crippen LogP contribution in [0, 0.1) is 0 Å². The Bertz CT molecular complexity index is 410. The van der Waals surface area contributed by atoms with E-state index in [0.29, 0.717) is 22.8 Å². The molecule has 0 radical (unpaired) electrons. The van der Waals surface area contributed by atoms with Gasteiger partial charge in [-0.15, -0.1) is 4.26 Å². The number of phenols is 1. The molecule has 8 heteroatoms. The average Bonchev–Trinajstić information content (AvgIpc) is 2.23. The van der Waals surface area contributed by atoms with Crippen LogP contribution in [0.25, 0.3) is 0 Å². The number of phenolic OH excluding ortho intramolecular Hbond substituents is 1. The second kappa shape index (κ2) is 4.56. The molecule has 2 N–H and O–H groups in total. The van der Waals surface area contributed by atoms with Gasteiger partial charge in [0.25, 0.3) is 0 Å². The Morgan fingerprint density at radius 2 is 2.21 bits per heavy atom. The summed E-state index contributed by atoms with van der Waals surface area (Å²) in [6.45, 7) is 0. The Balaban J connectivity index is 2.16. The molecule has 2 aromatic rings. The summed E-state index contributed by atoms with van der Waals surface area (Å²) in [5, 5.41) is 9.06. The summed E-state index contributed by atoms with van der Waals surface area (Å²) in [5.41, 5.74) is 0. The van der Waals surface area contributed by atoms with Gasteiger partial charge in [-0.25, -0.2) is 0 Å². The lowest BCUT2D eigenvalue weighted by Gasteiger charge is -2.05.